The monoisotopic (exact) mass is 278 g/mol. The van der Waals surface area contributed by atoms with Gasteiger partial charge in [-0.1, -0.05) is 12.1 Å². The van der Waals surface area contributed by atoms with Gasteiger partial charge in [-0.3, -0.25) is 0 Å². The molecule has 1 aliphatic rings. The summed E-state index contributed by atoms with van der Waals surface area (Å²) < 4.78 is 10.8. The number of hydrogen-bond donors (Lipinski definition) is 1. The van der Waals surface area contributed by atoms with Crippen LogP contribution in [0.5, 0.6) is 6.01 Å². The first-order chi connectivity index (χ1) is 9.20. The third-order valence-corrected chi connectivity index (χ3v) is 2.93. The Morgan fingerprint density at radius 3 is 2.89 bits per heavy atom. The minimum atomic E-state index is 0.0184. The molecule has 3 rings (SSSR count). The molecule has 0 radical (unpaired) electrons. The van der Waals surface area contributed by atoms with E-state index in [0.717, 1.165) is 5.56 Å². The van der Waals surface area contributed by atoms with Gasteiger partial charge in [0.05, 0.1) is 13.2 Å². The molecule has 0 aliphatic carbocycles. The highest BCUT2D eigenvalue weighted by Gasteiger charge is 2.11. The van der Waals surface area contributed by atoms with Crippen LogP contribution in [0.15, 0.2) is 18.2 Å². The summed E-state index contributed by atoms with van der Waals surface area (Å²) in [7, 11) is 0. The van der Waals surface area contributed by atoms with Crippen molar-refractivity contribution in [2.24, 2.45) is 0 Å². The van der Waals surface area contributed by atoms with Crippen molar-refractivity contribution in [3.63, 3.8) is 0 Å². The van der Waals surface area contributed by atoms with Crippen LogP contribution in [0.25, 0.3) is 0 Å². The predicted octanol–water partition coefficient (Wildman–Crippen LogP) is 1.72. The highest BCUT2D eigenvalue weighted by molar-refractivity contribution is 6.28. The van der Waals surface area contributed by atoms with Crippen LogP contribution in [0, 0.1) is 0 Å². The molecular weight excluding hydrogens is 268 g/mol. The van der Waals surface area contributed by atoms with Gasteiger partial charge in [-0.05, 0) is 34.4 Å². The largest absolute Gasteiger partial charge is 0.458 e. The standard InChI is InChI=1S/C12H11ClN4O2/c13-10-15-11(14)17-12(16-10)19-4-7-1-2-8-5-18-6-9(8)3-7/h1-3H,4-6H2,(H2,14,15,16,17). The summed E-state index contributed by atoms with van der Waals surface area (Å²) in [6, 6.07) is 6.19. The first-order valence-corrected chi connectivity index (χ1v) is 6.07. The molecule has 2 aromatic rings. The van der Waals surface area contributed by atoms with Crippen molar-refractivity contribution in [1.29, 1.82) is 0 Å². The maximum Gasteiger partial charge on any atom is 0.322 e. The minimum Gasteiger partial charge on any atom is -0.458 e. The fraction of sp³-hybridized carbons (Fsp3) is 0.250. The van der Waals surface area contributed by atoms with Crippen molar-refractivity contribution in [3.05, 3.63) is 40.2 Å². The average molecular weight is 279 g/mol. The van der Waals surface area contributed by atoms with Gasteiger partial charge < -0.3 is 15.2 Å². The van der Waals surface area contributed by atoms with Crippen molar-refractivity contribution < 1.29 is 9.47 Å². The van der Waals surface area contributed by atoms with Crippen LogP contribution < -0.4 is 10.5 Å². The van der Waals surface area contributed by atoms with Crippen molar-refractivity contribution in [1.82, 2.24) is 15.0 Å². The molecule has 1 aliphatic heterocycles. The van der Waals surface area contributed by atoms with Crippen molar-refractivity contribution in [2.75, 3.05) is 5.73 Å². The Balaban J connectivity index is 1.72. The van der Waals surface area contributed by atoms with Crippen molar-refractivity contribution in [3.8, 4) is 6.01 Å². The maximum atomic E-state index is 5.67. The number of aromatic nitrogens is 3. The number of nitrogens with zero attached hydrogens (tertiary/aromatic N) is 3. The zero-order chi connectivity index (χ0) is 13.2. The Morgan fingerprint density at radius 2 is 2.05 bits per heavy atom. The number of nitrogen functional groups attached to an aromatic ring is 1. The highest BCUT2D eigenvalue weighted by atomic mass is 35.5. The number of nitrogens with two attached hydrogens (primary N) is 1. The minimum absolute atomic E-state index is 0.0184. The van der Waals surface area contributed by atoms with Gasteiger partial charge in [-0.15, -0.1) is 0 Å². The summed E-state index contributed by atoms with van der Waals surface area (Å²) in [4.78, 5) is 11.3. The number of anilines is 1. The van der Waals surface area contributed by atoms with Gasteiger partial charge >= 0.3 is 6.01 Å². The lowest BCUT2D eigenvalue weighted by molar-refractivity contribution is 0.134. The molecule has 0 spiro atoms. The van der Waals surface area contributed by atoms with Crippen LogP contribution >= 0.6 is 11.6 Å². The third-order valence-electron chi connectivity index (χ3n) is 2.76. The van der Waals surface area contributed by atoms with Gasteiger partial charge in [0, 0.05) is 0 Å². The Labute approximate surface area is 114 Å². The van der Waals surface area contributed by atoms with E-state index in [4.69, 9.17) is 26.8 Å². The smallest absolute Gasteiger partial charge is 0.322 e. The second kappa shape index (κ2) is 4.99. The van der Waals surface area contributed by atoms with Gasteiger partial charge in [0.2, 0.25) is 11.2 Å². The van der Waals surface area contributed by atoms with Crippen molar-refractivity contribution in [2.45, 2.75) is 19.8 Å². The average Bonchev–Trinajstić information content (AvgIpc) is 2.82. The van der Waals surface area contributed by atoms with Gasteiger partial charge in [0.25, 0.3) is 0 Å². The number of ether oxygens (including phenoxy) is 2. The molecule has 6 nitrogen and oxygen atoms in total. The molecule has 19 heavy (non-hydrogen) atoms. The van der Waals surface area contributed by atoms with Gasteiger partial charge in [-0.2, -0.15) is 15.0 Å². The molecule has 2 heterocycles. The summed E-state index contributed by atoms with van der Waals surface area (Å²) in [6.45, 7) is 1.66. The van der Waals surface area contributed by atoms with Crippen LogP contribution in [0.1, 0.15) is 16.7 Å². The van der Waals surface area contributed by atoms with E-state index < -0.39 is 0 Å². The Bertz CT molecular complexity index is 600. The summed E-state index contributed by atoms with van der Waals surface area (Å²) in [5.41, 5.74) is 8.88. The van der Waals surface area contributed by atoms with Crippen molar-refractivity contribution >= 4 is 17.5 Å². The molecule has 2 N–H and O–H groups in total. The lowest BCUT2D eigenvalue weighted by Gasteiger charge is -2.06. The summed E-state index contributed by atoms with van der Waals surface area (Å²) >= 11 is 5.67. The molecule has 0 atom stereocenters. The quantitative estimate of drug-likeness (QED) is 0.920. The third kappa shape index (κ3) is 2.74. The van der Waals surface area contributed by atoms with Crippen LogP contribution in [-0.4, -0.2) is 15.0 Å². The molecule has 0 amide bonds. The van der Waals surface area contributed by atoms with E-state index in [2.05, 4.69) is 21.0 Å². The van der Waals surface area contributed by atoms with E-state index in [-0.39, 0.29) is 17.2 Å². The lowest BCUT2D eigenvalue weighted by atomic mass is 10.1. The van der Waals surface area contributed by atoms with E-state index in [9.17, 15) is 0 Å². The number of halogens is 1. The Morgan fingerprint density at radius 1 is 1.21 bits per heavy atom. The molecule has 1 aromatic carbocycles. The number of hydrogen-bond acceptors (Lipinski definition) is 6. The van der Waals surface area contributed by atoms with E-state index in [1.165, 1.54) is 11.1 Å². The Kier molecular flexibility index (Phi) is 3.18. The summed E-state index contributed by atoms with van der Waals surface area (Å²) in [6.07, 6.45) is 0. The SMILES string of the molecule is Nc1nc(Cl)nc(OCc2ccc3c(c2)COC3)n1. The normalized spacial score (nSPS) is 13.3. The first-order valence-electron chi connectivity index (χ1n) is 5.69. The van der Waals surface area contributed by atoms with Gasteiger partial charge in [0.1, 0.15) is 6.61 Å². The van der Waals surface area contributed by atoms with Gasteiger partial charge in [0.15, 0.2) is 0 Å². The molecular formula is C12H11ClN4O2. The molecule has 0 unspecified atom stereocenters. The van der Waals surface area contributed by atoms with E-state index in [1.807, 2.05) is 12.1 Å². The molecule has 0 saturated carbocycles. The summed E-state index contributed by atoms with van der Waals surface area (Å²) in [5, 5.41) is 0.0184. The zero-order valence-corrected chi connectivity index (χ0v) is 10.7. The number of fused-ring (bicyclic) bond motifs is 1. The topological polar surface area (TPSA) is 83.2 Å². The first kappa shape index (κ1) is 12.1. The maximum absolute atomic E-state index is 5.67. The van der Waals surface area contributed by atoms with E-state index in [1.54, 1.807) is 0 Å². The zero-order valence-electron chi connectivity index (χ0n) is 9.97. The fourth-order valence-electron chi connectivity index (χ4n) is 1.87. The Hall–Kier alpha value is -1.92. The van der Waals surface area contributed by atoms with Crippen LogP contribution in [-0.2, 0) is 24.6 Å². The molecule has 0 bridgehead atoms. The summed E-state index contributed by atoms with van der Waals surface area (Å²) in [5.74, 6) is 0.0392. The van der Waals surface area contributed by atoms with Crippen LogP contribution in [0.3, 0.4) is 0 Å². The molecule has 0 saturated heterocycles. The molecule has 98 valence electrons. The van der Waals surface area contributed by atoms with Gasteiger partial charge in [-0.25, -0.2) is 0 Å². The fourth-order valence-corrected chi connectivity index (χ4v) is 2.03. The molecule has 0 fully saturated rings. The second-order valence-corrected chi connectivity index (χ2v) is 4.47. The number of rotatable bonds is 3. The molecule has 1 aromatic heterocycles. The predicted molar refractivity (Wildman–Crippen MR) is 68.5 cm³/mol. The van der Waals surface area contributed by atoms with E-state index >= 15 is 0 Å². The highest BCUT2D eigenvalue weighted by Crippen LogP contribution is 2.21. The second-order valence-electron chi connectivity index (χ2n) is 4.13. The lowest BCUT2D eigenvalue weighted by Crippen LogP contribution is -2.04. The number of benzene rings is 1. The van der Waals surface area contributed by atoms with Crippen LogP contribution in [0.2, 0.25) is 5.28 Å². The van der Waals surface area contributed by atoms with Crippen LogP contribution in [0.4, 0.5) is 5.95 Å². The molecule has 7 heteroatoms. The van der Waals surface area contributed by atoms with E-state index in [0.29, 0.717) is 19.8 Å².